The summed E-state index contributed by atoms with van der Waals surface area (Å²) in [6.07, 6.45) is 10.9. The number of dihydropyridines is 1. The number of carbonyl (C=O) groups excluding carboxylic acids is 2. The van der Waals surface area contributed by atoms with Crippen LogP contribution in [0.3, 0.4) is 0 Å². The molecule has 0 fully saturated rings. The van der Waals surface area contributed by atoms with E-state index in [2.05, 4.69) is 17.2 Å². The van der Waals surface area contributed by atoms with Crippen molar-refractivity contribution < 1.29 is 28.5 Å². The van der Waals surface area contributed by atoms with Gasteiger partial charge in [-0.25, -0.2) is 9.59 Å². The molecule has 1 unspecified atom stereocenters. The van der Waals surface area contributed by atoms with Crippen molar-refractivity contribution in [2.75, 3.05) is 13.2 Å². The number of allylic oxidation sites excluding steroid dienone is 2. The maximum atomic E-state index is 12.5. The van der Waals surface area contributed by atoms with Gasteiger partial charge in [0.05, 0.1) is 24.6 Å². The van der Waals surface area contributed by atoms with Gasteiger partial charge in [0.15, 0.2) is 0 Å². The molecule has 1 aliphatic heterocycles. The van der Waals surface area contributed by atoms with E-state index in [1.54, 1.807) is 39.2 Å². The minimum Gasteiger partial charge on any atom is -0.434 e. The van der Waals surface area contributed by atoms with Gasteiger partial charge in [-0.2, -0.15) is 0 Å². The Morgan fingerprint density at radius 1 is 0.882 bits per heavy atom. The summed E-state index contributed by atoms with van der Waals surface area (Å²) in [5.74, 6) is -0.0863. The molecule has 0 spiro atoms. The van der Waals surface area contributed by atoms with Crippen molar-refractivity contribution in [3.63, 3.8) is 0 Å². The number of unbranched alkanes of at least 4 members (excludes halogenated alkanes) is 7. The van der Waals surface area contributed by atoms with E-state index in [1.807, 2.05) is 6.07 Å². The van der Waals surface area contributed by atoms with Crippen LogP contribution in [0.5, 0.6) is 0 Å². The van der Waals surface area contributed by atoms with Gasteiger partial charge in [-0.15, -0.1) is 0 Å². The lowest BCUT2D eigenvalue weighted by molar-refractivity contribution is 0.0619. The highest BCUT2D eigenvalue weighted by Gasteiger charge is 2.35. The van der Waals surface area contributed by atoms with E-state index in [4.69, 9.17) is 18.9 Å². The van der Waals surface area contributed by atoms with Crippen LogP contribution in [-0.4, -0.2) is 30.5 Å². The van der Waals surface area contributed by atoms with Gasteiger partial charge in [-0.1, -0.05) is 57.9 Å². The maximum absolute atomic E-state index is 12.5. The largest absolute Gasteiger partial charge is 0.513 e. The zero-order chi connectivity index (χ0) is 24.8. The Labute approximate surface area is 202 Å². The highest BCUT2D eigenvalue weighted by atomic mass is 16.7. The number of hydrogen-bond donors (Lipinski definition) is 1. The molecule has 188 valence electrons. The summed E-state index contributed by atoms with van der Waals surface area (Å²) in [4.78, 5) is 28.7. The molecule has 0 amide bonds. The SMILES string of the molecule is CCCCCCCCCCOC(=O)OC1=C(C)NC(C)=C(OC(=O)OCC)C1c1cccnc1. The summed E-state index contributed by atoms with van der Waals surface area (Å²) in [6, 6.07) is 3.59. The molecule has 8 nitrogen and oxygen atoms in total. The number of nitrogens with zero attached hydrogens (tertiary/aromatic N) is 1. The zero-order valence-electron chi connectivity index (χ0n) is 20.9. The molecule has 8 heteroatoms. The monoisotopic (exact) mass is 474 g/mol. The van der Waals surface area contributed by atoms with Gasteiger partial charge in [-0.05, 0) is 38.8 Å². The lowest BCUT2D eigenvalue weighted by Crippen LogP contribution is -2.29. The Balaban J connectivity index is 1.99. The predicted molar refractivity (Wildman–Crippen MR) is 129 cm³/mol. The fourth-order valence-electron chi connectivity index (χ4n) is 3.82. The molecule has 1 aliphatic rings. The molecule has 0 aromatic carbocycles. The van der Waals surface area contributed by atoms with Crippen molar-refractivity contribution in [2.45, 2.75) is 85.0 Å². The first-order valence-corrected chi connectivity index (χ1v) is 12.3. The third kappa shape index (κ3) is 8.72. The Morgan fingerprint density at radius 2 is 1.47 bits per heavy atom. The van der Waals surface area contributed by atoms with Crippen LogP contribution in [0.25, 0.3) is 0 Å². The van der Waals surface area contributed by atoms with E-state index in [9.17, 15) is 9.59 Å². The summed E-state index contributed by atoms with van der Waals surface area (Å²) in [5, 5.41) is 3.11. The molecule has 1 atom stereocenters. The van der Waals surface area contributed by atoms with Crippen molar-refractivity contribution in [1.29, 1.82) is 0 Å². The van der Waals surface area contributed by atoms with E-state index in [-0.39, 0.29) is 12.4 Å². The molecule has 0 saturated heterocycles. The van der Waals surface area contributed by atoms with Crippen molar-refractivity contribution in [2.24, 2.45) is 0 Å². The van der Waals surface area contributed by atoms with E-state index >= 15 is 0 Å². The summed E-state index contributed by atoms with van der Waals surface area (Å²) in [7, 11) is 0. The Hall–Kier alpha value is -3.03. The molecule has 1 aromatic heterocycles. The highest BCUT2D eigenvalue weighted by Crippen LogP contribution is 2.39. The van der Waals surface area contributed by atoms with Crippen LogP contribution in [0.2, 0.25) is 0 Å². The van der Waals surface area contributed by atoms with Gasteiger partial charge in [-0.3, -0.25) is 4.98 Å². The van der Waals surface area contributed by atoms with Gasteiger partial charge in [0, 0.05) is 12.4 Å². The molecular weight excluding hydrogens is 436 g/mol. The van der Waals surface area contributed by atoms with Crippen molar-refractivity contribution >= 4 is 12.3 Å². The first kappa shape index (κ1) is 27.2. The Bertz CT molecular complexity index is 850. The number of rotatable bonds is 13. The van der Waals surface area contributed by atoms with Crippen LogP contribution >= 0.6 is 0 Å². The topological polar surface area (TPSA) is 96.0 Å². The Morgan fingerprint density at radius 3 is 2.03 bits per heavy atom. The first-order chi connectivity index (χ1) is 16.5. The molecule has 0 radical (unpaired) electrons. The van der Waals surface area contributed by atoms with Gasteiger partial charge < -0.3 is 24.3 Å². The molecule has 34 heavy (non-hydrogen) atoms. The normalized spacial score (nSPS) is 15.6. The molecule has 0 saturated carbocycles. The smallest absolute Gasteiger partial charge is 0.434 e. The highest BCUT2D eigenvalue weighted by molar-refractivity contribution is 5.65. The summed E-state index contributed by atoms with van der Waals surface area (Å²) >= 11 is 0. The number of aromatic nitrogens is 1. The average molecular weight is 475 g/mol. The number of carbonyl (C=O) groups is 2. The summed E-state index contributed by atoms with van der Waals surface area (Å²) in [5.41, 5.74) is 1.93. The molecule has 0 aliphatic carbocycles. The molecule has 2 heterocycles. The lowest BCUT2D eigenvalue weighted by Gasteiger charge is -2.30. The van der Waals surface area contributed by atoms with E-state index in [0.717, 1.165) is 19.3 Å². The predicted octanol–water partition coefficient (Wildman–Crippen LogP) is 6.70. The first-order valence-electron chi connectivity index (χ1n) is 12.3. The third-order valence-corrected chi connectivity index (χ3v) is 5.52. The van der Waals surface area contributed by atoms with Crippen LogP contribution in [0.4, 0.5) is 9.59 Å². The molecular formula is C26H38N2O6. The van der Waals surface area contributed by atoms with Crippen molar-refractivity contribution in [3.05, 3.63) is 53.0 Å². The van der Waals surface area contributed by atoms with Crippen LogP contribution in [0, 0.1) is 0 Å². The summed E-state index contributed by atoms with van der Waals surface area (Å²) < 4.78 is 21.4. The molecule has 1 N–H and O–H groups in total. The van der Waals surface area contributed by atoms with E-state index in [1.165, 1.54) is 32.1 Å². The molecule has 0 bridgehead atoms. The molecule has 2 rings (SSSR count). The fraction of sp³-hybridized carbons (Fsp3) is 0.577. The zero-order valence-corrected chi connectivity index (χ0v) is 20.9. The number of nitrogens with one attached hydrogen (secondary N) is 1. The second kappa shape index (κ2) is 15.0. The van der Waals surface area contributed by atoms with Gasteiger partial charge in [0.25, 0.3) is 0 Å². The maximum Gasteiger partial charge on any atom is 0.513 e. The van der Waals surface area contributed by atoms with Crippen LogP contribution in [-0.2, 0) is 18.9 Å². The quantitative estimate of drug-likeness (QED) is 0.249. The van der Waals surface area contributed by atoms with Gasteiger partial charge >= 0.3 is 12.3 Å². The van der Waals surface area contributed by atoms with Crippen LogP contribution in [0.15, 0.2) is 47.4 Å². The second-order valence-corrected chi connectivity index (χ2v) is 8.28. The fourth-order valence-corrected chi connectivity index (χ4v) is 3.82. The number of ether oxygens (including phenoxy) is 4. The number of pyridine rings is 1. The second-order valence-electron chi connectivity index (χ2n) is 8.28. The minimum absolute atomic E-state index is 0.180. The molecule has 1 aromatic rings. The van der Waals surface area contributed by atoms with Crippen LogP contribution in [0.1, 0.15) is 90.5 Å². The lowest BCUT2D eigenvalue weighted by atomic mass is 9.91. The minimum atomic E-state index is -0.830. The van der Waals surface area contributed by atoms with Gasteiger partial charge in [0.1, 0.15) is 17.4 Å². The number of hydrogen-bond acceptors (Lipinski definition) is 8. The van der Waals surface area contributed by atoms with Crippen molar-refractivity contribution in [3.8, 4) is 0 Å². The van der Waals surface area contributed by atoms with Crippen molar-refractivity contribution in [1.82, 2.24) is 10.3 Å². The average Bonchev–Trinajstić information content (AvgIpc) is 2.82. The van der Waals surface area contributed by atoms with Crippen LogP contribution < -0.4 is 5.32 Å². The van der Waals surface area contributed by atoms with E-state index in [0.29, 0.717) is 29.3 Å². The summed E-state index contributed by atoms with van der Waals surface area (Å²) in [6.45, 7) is 7.95. The Kier molecular flexibility index (Phi) is 12.0. The standard InChI is InChI=1S/C26H38N2O6/c1-5-7-8-9-10-11-12-13-17-32-26(30)34-24-20(4)28-19(3)23(33-25(29)31-6-2)22(24)21-15-14-16-27-18-21/h14-16,18,22,28H,5-13,17H2,1-4H3. The third-order valence-electron chi connectivity index (χ3n) is 5.52. The van der Waals surface area contributed by atoms with Gasteiger partial charge in [0.2, 0.25) is 0 Å². The van der Waals surface area contributed by atoms with E-state index < -0.39 is 18.2 Å².